The highest BCUT2D eigenvalue weighted by Gasteiger charge is 2.21. The van der Waals surface area contributed by atoms with Crippen molar-refractivity contribution in [1.29, 1.82) is 0 Å². The monoisotopic (exact) mass is 619 g/mol. The Balaban J connectivity index is 1.42. The van der Waals surface area contributed by atoms with Gasteiger partial charge in [-0.15, -0.1) is 16.4 Å². The number of thiazole rings is 1. The van der Waals surface area contributed by atoms with Crippen molar-refractivity contribution in [1.82, 2.24) is 24.5 Å². The van der Waals surface area contributed by atoms with Crippen molar-refractivity contribution in [2.24, 2.45) is 0 Å². The molecule has 0 unspecified atom stereocenters. The maximum atomic E-state index is 12.3. The molecule has 4 heterocycles. The van der Waals surface area contributed by atoms with Gasteiger partial charge < -0.3 is 23.5 Å². The minimum Gasteiger partial charge on any atom is -0.497 e. The van der Waals surface area contributed by atoms with E-state index in [0.29, 0.717) is 44.5 Å². The fourth-order valence-electron chi connectivity index (χ4n) is 4.34. The van der Waals surface area contributed by atoms with Gasteiger partial charge in [-0.1, -0.05) is 32.6 Å². The van der Waals surface area contributed by atoms with E-state index >= 15 is 0 Å². The number of methoxy groups -OCH3 is 2. The quantitative estimate of drug-likeness (QED) is 0.115. The summed E-state index contributed by atoms with van der Waals surface area (Å²) in [5.41, 5.74) is 3.81. The number of aromatic nitrogens is 4. The summed E-state index contributed by atoms with van der Waals surface area (Å²) in [6.45, 7) is 10.3. The van der Waals surface area contributed by atoms with E-state index in [4.69, 9.17) is 23.6 Å². The smallest absolute Gasteiger partial charge is 0.294 e. The molecular weight excluding hydrogens is 587 g/mol. The van der Waals surface area contributed by atoms with Crippen molar-refractivity contribution in [3.8, 4) is 27.2 Å². The first-order valence-electron chi connectivity index (χ1n) is 13.5. The molecule has 0 fully saturated rings. The number of allylic oxidation sites excluding steroid dienone is 1. The van der Waals surface area contributed by atoms with Crippen LogP contribution in [0.15, 0.2) is 59.4 Å². The second-order valence-electron chi connectivity index (χ2n) is 10.2. The van der Waals surface area contributed by atoms with Crippen molar-refractivity contribution in [2.75, 3.05) is 28.3 Å². The number of amides is 1. The molecule has 0 saturated carbocycles. The normalized spacial score (nSPS) is 11.8. The van der Waals surface area contributed by atoms with E-state index < -0.39 is 0 Å². The summed E-state index contributed by atoms with van der Waals surface area (Å²) in [5.74, 6) is 2.41. The third kappa shape index (κ3) is 6.35. The van der Waals surface area contributed by atoms with Crippen molar-refractivity contribution < 1.29 is 23.4 Å². The van der Waals surface area contributed by atoms with Gasteiger partial charge in [0.25, 0.3) is 11.1 Å². The molecule has 0 N–H and O–H groups in total. The van der Waals surface area contributed by atoms with Crippen LogP contribution >= 0.6 is 22.7 Å². The third-order valence-corrected chi connectivity index (χ3v) is 8.92. The van der Waals surface area contributed by atoms with Crippen LogP contribution in [0.25, 0.3) is 32.7 Å². The first-order valence-corrected chi connectivity index (χ1v) is 15.1. The second kappa shape index (κ2) is 12.4. The van der Waals surface area contributed by atoms with Crippen LogP contribution in [0.5, 0.6) is 5.19 Å². The van der Waals surface area contributed by atoms with Crippen LogP contribution in [-0.2, 0) is 16.1 Å². The minimum absolute atomic E-state index is 0.0399. The van der Waals surface area contributed by atoms with Gasteiger partial charge in [-0.2, -0.15) is 0 Å². The molecule has 0 radical (unpaired) electrons. The molecule has 5 rings (SSSR count). The molecule has 10 nitrogen and oxygen atoms in total. The number of ether oxygens (including phenoxy) is 3. The largest absolute Gasteiger partial charge is 0.497 e. The number of carbonyl (C=O) groups is 1. The SMILES string of the molecule is C=C(/C=C(/OCc1nc(-c2ccc(C(=O)N(C)C)cc2)sc1C(C)C)c1cc(-c2cn3nc(OC)sc3n2)oc1C)OC. The zero-order chi connectivity index (χ0) is 30.8. The number of hydrogen-bond donors (Lipinski definition) is 0. The summed E-state index contributed by atoms with van der Waals surface area (Å²) < 4.78 is 24.7. The molecule has 5 aromatic rings. The molecule has 12 heteroatoms. The lowest BCUT2D eigenvalue weighted by atomic mass is 10.1. The van der Waals surface area contributed by atoms with Crippen molar-refractivity contribution in [2.45, 2.75) is 33.3 Å². The van der Waals surface area contributed by atoms with Gasteiger partial charge >= 0.3 is 0 Å². The van der Waals surface area contributed by atoms with Crippen LogP contribution in [0.2, 0.25) is 0 Å². The van der Waals surface area contributed by atoms with E-state index in [1.165, 1.54) is 11.3 Å². The first kappa shape index (κ1) is 30.1. The van der Waals surface area contributed by atoms with Gasteiger partial charge in [0, 0.05) is 36.2 Å². The van der Waals surface area contributed by atoms with Crippen molar-refractivity contribution >= 4 is 39.3 Å². The van der Waals surface area contributed by atoms with E-state index in [9.17, 15) is 4.79 Å². The average Bonchev–Trinajstić information content (AvgIpc) is 3.77. The topological polar surface area (TPSA) is 104 Å². The highest BCUT2D eigenvalue weighted by molar-refractivity contribution is 7.18. The Morgan fingerprint density at radius 1 is 1.16 bits per heavy atom. The number of aryl methyl sites for hydroxylation is 1. The van der Waals surface area contributed by atoms with E-state index in [2.05, 4.69) is 30.5 Å². The van der Waals surface area contributed by atoms with Gasteiger partial charge in [0.15, 0.2) is 5.76 Å². The fraction of sp³-hybridized carbons (Fsp3) is 0.290. The van der Waals surface area contributed by atoms with E-state index in [-0.39, 0.29) is 18.4 Å². The van der Waals surface area contributed by atoms with Crippen LogP contribution in [0.4, 0.5) is 0 Å². The molecule has 0 bridgehead atoms. The molecule has 1 aromatic carbocycles. The summed E-state index contributed by atoms with van der Waals surface area (Å²) in [5, 5.41) is 5.74. The van der Waals surface area contributed by atoms with Crippen LogP contribution in [-0.4, -0.2) is 58.7 Å². The van der Waals surface area contributed by atoms with Gasteiger partial charge in [0.2, 0.25) is 4.96 Å². The first-order chi connectivity index (χ1) is 20.6. The summed E-state index contributed by atoms with van der Waals surface area (Å²) in [6, 6.07) is 9.41. The van der Waals surface area contributed by atoms with Gasteiger partial charge in [0.1, 0.15) is 34.6 Å². The molecule has 43 heavy (non-hydrogen) atoms. The van der Waals surface area contributed by atoms with E-state index in [1.807, 2.05) is 37.3 Å². The van der Waals surface area contributed by atoms with E-state index in [0.717, 1.165) is 26.7 Å². The Kier molecular flexibility index (Phi) is 8.69. The highest BCUT2D eigenvalue weighted by Crippen LogP contribution is 2.36. The summed E-state index contributed by atoms with van der Waals surface area (Å²) in [6.07, 6.45) is 3.53. The lowest BCUT2D eigenvalue weighted by Gasteiger charge is -2.11. The average molecular weight is 620 g/mol. The Hall–Kier alpha value is -4.42. The Morgan fingerprint density at radius 3 is 2.53 bits per heavy atom. The minimum atomic E-state index is -0.0399. The molecule has 0 aliphatic rings. The number of rotatable bonds is 11. The van der Waals surface area contributed by atoms with Gasteiger partial charge in [-0.05, 0) is 42.4 Å². The number of fused-ring (bicyclic) bond motifs is 1. The maximum absolute atomic E-state index is 12.3. The predicted octanol–water partition coefficient (Wildman–Crippen LogP) is 7.03. The zero-order valence-corrected chi connectivity index (χ0v) is 26.8. The molecule has 0 atom stereocenters. The molecule has 224 valence electrons. The molecule has 0 saturated heterocycles. The van der Waals surface area contributed by atoms with Crippen LogP contribution in [0.3, 0.4) is 0 Å². The summed E-state index contributed by atoms with van der Waals surface area (Å²) >= 11 is 2.97. The van der Waals surface area contributed by atoms with Crippen molar-refractivity contribution in [3.63, 3.8) is 0 Å². The zero-order valence-electron chi connectivity index (χ0n) is 25.1. The number of carbonyl (C=O) groups excluding carboxylic acids is 1. The Labute approximate surface area is 257 Å². The summed E-state index contributed by atoms with van der Waals surface area (Å²) in [7, 11) is 6.62. The van der Waals surface area contributed by atoms with E-state index in [1.54, 1.807) is 61.3 Å². The Bertz CT molecular complexity index is 1780. The standard InChI is InChI=1S/C31H33N5O5S2/c1-17(2)27-24(32-28(42-27)20-9-11-21(12-10-20)29(37)35(5)6)16-40-25(13-18(3)38-7)22-14-26(41-19(22)4)23-15-36-30(33-23)43-31(34-36)39-8/h9-15,17H,3,16H2,1-2,4-8H3/b25-13+. The van der Waals surface area contributed by atoms with Crippen LogP contribution in [0.1, 0.15) is 52.0 Å². The molecular formula is C31H33N5O5S2. The molecule has 0 aliphatic carbocycles. The number of imidazole rings is 1. The predicted molar refractivity (Wildman–Crippen MR) is 168 cm³/mol. The van der Waals surface area contributed by atoms with Gasteiger partial charge in [-0.25, -0.2) is 14.5 Å². The van der Waals surface area contributed by atoms with Crippen molar-refractivity contribution in [3.05, 3.63) is 82.4 Å². The number of nitrogens with zero attached hydrogens (tertiary/aromatic N) is 5. The molecule has 1 amide bonds. The summed E-state index contributed by atoms with van der Waals surface area (Å²) in [4.78, 5) is 25.3. The number of hydrogen-bond acceptors (Lipinski definition) is 10. The molecule has 0 aliphatic heterocycles. The third-order valence-electron chi connectivity index (χ3n) is 6.59. The van der Waals surface area contributed by atoms with Gasteiger partial charge in [0.05, 0.1) is 31.7 Å². The fourth-order valence-corrected chi connectivity index (χ4v) is 6.12. The van der Waals surface area contributed by atoms with Crippen LogP contribution in [0, 0.1) is 6.92 Å². The molecule has 0 spiro atoms. The number of furan rings is 1. The van der Waals surface area contributed by atoms with Crippen LogP contribution < -0.4 is 4.74 Å². The van der Waals surface area contributed by atoms with Gasteiger partial charge in [-0.3, -0.25) is 4.79 Å². The second-order valence-corrected chi connectivity index (χ2v) is 12.2. The highest BCUT2D eigenvalue weighted by atomic mass is 32.1. The lowest BCUT2D eigenvalue weighted by molar-refractivity contribution is 0.0827. The lowest BCUT2D eigenvalue weighted by Crippen LogP contribution is -2.21. The Morgan fingerprint density at radius 2 is 1.91 bits per heavy atom. The molecule has 4 aromatic heterocycles. The number of benzene rings is 1. The maximum Gasteiger partial charge on any atom is 0.294 e.